The molecule has 0 aliphatic carbocycles. The van der Waals surface area contributed by atoms with Gasteiger partial charge in [0.15, 0.2) is 0 Å². The standard InChI is InChI=1S/C11H17N3O4/c1-11(2,3)18-10(16)14-6-4-5-7(14)8-12-13-9(15)17-8/h7H,4-6H2,1-3H3,(H,13,15)/t7-/m0/s1. The van der Waals surface area contributed by atoms with Crippen molar-refractivity contribution in [1.29, 1.82) is 0 Å². The van der Waals surface area contributed by atoms with E-state index in [1.165, 1.54) is 0 Å². The number of ether oxygens (including phenoxy) is 1. The first-order chi connectivity index (χ1) is 8.37. The van der Waals surface area contributed by atoms with Crippen LogP contribution in [0.2, 0.25) is 0 Å². The Kier molecular flexibility index (Phi) is 3.14. The summed E-state index contributed by atoms with van der Waals surface area (Å²) in [4.78, 5) is 24.5. The molecule has 2 rings (SSSR count). The van der Waals surface area contributed by atoms with Crippen LogP contribution in [0.3, 0.4) is 0 Å². The van der Waals surface area contributed by atoms with Crippen LogP contribution in [0.15, 0.2) is 9.21 Å². The van der Waals surface area contributed by atoms with E-state index in [2.05, 4.69) is 10.2 Å². The first-order valence-corrected chi connectivity index (χ1v) is 5.92. The Labute approximate surface area is 104 Å². The Morgan fingerprint density at radius 3 is 2.83 bits per heavy atom. The summed E-state index contributed by atoms with van der Waals surface area (Å²) in [6.45, 7) is 6.01. The van der Waals surface area contributed by atoms with Crippen molar-refractivity contribution in [1.82, 2.24) is 15.1 Å². The molecule has 100 valence electrons. The third-order valence-corrected chi connectivity index (χ3v) is 2.62. The molecular formula is C11H17N3O4. The fraction of sp³-hybridized carbons (Fsp3) is 0.727. The molecule has 1 N–H and O–H groups in total. The summed E-state index contributed by atoms with van der Waals surface area (Å²) in [5, 5.41) is 5.98. The maximum atomic E-state index is 12.0. The van der Waals surface area contributed by atoms with Gasteiger partial charge < -0.3 is 9.15 Å². The molecule has 1 aliphatic heterocycles. The Balaban J connectivity index is 2.13. The highest BCUT2D eigenvalue weighted by Gasteiger charge is 2.36. The highest BCUT2D eigenvalue weighted by molar-refractivity contribution is 5.69. The van der Waals surface area contributed by atoms with Gasteiger partial charge in [0, 0.05) is 6.54 Å². The number of hydrogen-bond acceptors (Lipinski definition) is 5. The smallest absolute Gasteiger partial charge is 0.434 e. The third kappa shape index (κ3) is 2.72. The van der Waals surface area contributed by atoms with Crippen LogP contribution < -0.4 is 5.76 Å². The lowest BCUT2D eigenvalue weighted by molar-refractivity contribution is 0.0203. The summed E-state index contributed by atoms with van der Waals surface area (Å²) in [7, 11) is 0. The van der Waals surface area contributed by atoms with Gasteiger partial charge in [0.2, 0.25) is 5.89 Å². The number of carbonyl (C=O) groups excluding carboxylic acids is 1. The lowest BCUT2D eigenvalue weighted by atomic mass is 10.2. The SMILES string of the molecule is CC(C)(C)OC(=O)N1CCC[C@H]1c1n[nH]c(=O)o1. The van der Waals surface area contributed by atoms with Gasteiger partial charge in [-0.1, -0.05) is 0 Å². The second kappa shape index (κ2) is 4.47. The van der Waals surface area contributed by atoms with Crippen LogP contribution >= 0.6 is 0 Å². The summed E-state index contributed by atoms with van der Waals surface area (Å²) in [6, 6.07) is -0.321. The van der Waals surface area contributed by atoms with Crippen LogP contribution in [0.1, 0.15) is 45.5 Å². The van der Waals surface area contributed by atoms with Crippen molar-refractivity contribution in [2.45, 2.75) is 45.3 Å². The van der Waals surface area contributed by atoms with Crippen molar-refractivity contribution in [3.8, 4) is 0 Å². The Hall–Kier alpha value is -1.79. The van der Waals surface area contributed by atoms with Crippen LogP contribution in [-0.4, -0.2) is 33.3 Å². The predicted octanol–water partition coefficient (Wildman–Crippen LogP) is 1.43. The van der Waals surface area contributed by atoms with Crippen molar-refractivity contribution in [2.75, 3.05) is 6.54 Å². The van der Waals surface area contributed by atoms with E-state index >= 15 is 0 Å². The van der Waals surface area contributed by atoms with E-state index in [9.17, 15) is 9.59 Å². The van der Waals surface area contributed by atoms with E-state index in [0.29, 0.717) is 13.0 Å². The van der Waals surface area contributed by atoms with Crippen molar-refractivity contribution >= 4 is 6.09 Å². The zero-order chi connectivity index (χ0) is 13.3. The molecule has 0 unspecified atom stereocenters. The summed E-state index contributed by atoms with van der Waals surface area (Å²) in [5.74, 6) is -0.371. The number of amides is 1. The highest BCUT2D eigenvalue weighted by Crippen LogP contribution is 2.31. The second-order valence-corrected chi connectivity index (χ2v) is 5.28. The number of H-pyrrole nitrogens is 1. The monoisotopic (exact) mass is 255 g/mol. The number of carbonyl (C=O) groups is 1. The van der Waals surface area contributed by atoms with Crippen molar-refractivity contribution in [2.24, 2.45) is 0 Å². The molecule has 0 bridgehead atoms. The fourth-order valence-corrected chi connectivity index (χ4v) is 1.95. The number of nitrogens with one attached hydrogen (secondary N) is 1. The van der Waals surface area contributed by atoms with Crippen LogP contribution in [0, 0.1) is 0 Å². The highest BCUT2D eigenvalue weighted by atomic mass is 16.6. The molecule has 1 saturated heterocycles. The first-order valence-electron chi connectivity index (χ1n) is 5.92. The molecule has 1 amide bonds. The van der Waals surface area contributed by atoms with Gasteiger partial charge in [0.1, 0.15) is 11.6 Å². The number of rotatable bonds is 1. The van der Waals surface area contributed by atoms with E-state index in [0.717, 1.165) is 6.42 Å². The minimum absolute atomic E-state index is 0.239. The molecule has 0 aromatic carbocycles. The topological polar surface area (TPSA) is 88.4 Å². The summed E-state index contributed by atoms with van der Waals surface area (Å²) >= 11 is 0. The Morgan fingerprint density at radius 1 is 1.56 bits per heavy atom. The summed E-state index contributed by atoms with van der Waals surface area (Å²) in [5.41, 5.74) is -0.545. The first kappa shape index (κ1) is 12.7. The van der Waals surface area contributed by atoms with Gasteiger partial charge in [-0.3, -0.25) is 4.90 Å². The van der Waals surface area contributed by atoms with Gasteiger partial charge in [-0.15, -0.1) is 5.10 Å². The quantitative estimate of drug-likeness (QED) is 0.820. The molecule has 1 aromatic heterocycles. The van der Waals surface area contributed by atoms with Gasteiger partial charge in [0.25, 0.3) is 0 Å². The molecule has 0 radical (unpaired) electrons. The van der Waals surface area contributed by atoms with E-state index in [-0.39, 0.29) is 11.9 Å². The molecule has 1 fully saturated rings. The van der Waals surface area contributed by atoms with E-state index in [1.807, 2.05) is 20.8 Å². The molecule has 0 spiro atoms. The number of nitrogens with zero attached hydrogens (tertiary/aromatic N) is 2. The van der Waals surface area contributed by atoms with Gasteiger partial charge in [-0.25, -0.2) is 14.7 Å². The third-order valence-electron chi connectivity index (χ3n) is 2.62. The van der Waals surface area contributed by atoms with E-state index < -0.39 is 17.5 Å². The summed E-state index contributed by atoms with van der Waals surface area (Å²) < 4.78 is 10.2. The van der Waals surface area contributed by atoms with Crippen LogP contribution in [0.4, 0.5) is 4.79 Å². The van der Waals surface area contributed by atoms with Gasteiger partial charge in [0.05, 0.1) is 0 Å². The molecule has 1 atom stereocenters. The van der Waals surface area contributed by atoms with Crippen LogP contribution in [0.25, 0.3) is 0 Å². The van der Waals surface area contributed by atoms with Crippen molar-refractivity contribution in [3.05, 3.63) is 16.4 Å². The normalized spacial score (nSPS) is 20.2. The minimum atomic E-state index is -0.610. The van der Waals surface area contributed by atoms with Gasteiger partial charge in [-0.2, -0.15) is 0 Å². The minimum Gasteiger partial charge on any atom is -0.444 e. The molecule has 1 aliphatic rings. The van der Waals surface area contributed by atoms with E-state index in [4.69, 9.17) is 9.15 Å². The number of likely N-dealkylation sites (tertiary alicyclic amines) is 1. The van der Waals surface area contributed by atoms with E-state index in [1.54, 1.807) is 4.90 Å². The molecule has 7 heteroatoms. The summed E-state index contributed by atoms with van der Waals surface area (Å²) in [6.07, 6.45) is 1.14. The maximum Gasteiger partial charge on any atom is 0.434 e. The lowest BCUT2D eigenvalue weighted by Crippen LogP contribution is -2.36. The second-order valence-electron chi connectivity index (χ2n) is 5.28. The Bertz CT molecular complexity index is 485. The number of aromatic nitrogens is 2. The van der Waals surface area contributed by atoms with Gasteiger partial charge in [-0.05, 0) is 33.6 Å². The molecule has 0 saturated carbocycles. The molecule has 7 nitrogen and oxygen atoms in total. The lowest BCUT2D eigenvalue weighted by Gasteiger charge is -2.27. The molecule has 18 heavy (non-hydrogen) atoms. The maximum absolute atomic E-state index is 12.0. The van der Waals surface area contributed by atoms with Crippen LogP contribution in [0.5, 0.6) is 0 Å². The largest absolute Gasteiger partial charge is 0.444 e. The van der Waals surface area contributed by atoms with Crippen LogP contribution in [-0.2, 0) is 4.74 Å². The predicted molar refractivity (Wildman–Crippen MR) is 62.0 cm³/mol. The number of aromatic amines is 1. The van der Waals surface area contributed by atoms with Gasteiger partial charge >= 0.3 is 11.8 Å². The average Bonchev–Trinajstić information content (AvgIpc) is 2.81. The number of hydrogen-bond donors (Lipinski definition) is 1. The van der Waals surface area contributed by atoms with Crippen molar-refractivity contribution < 1.29 is 13.9 Å². The average molecular weight is 255 g/mol. The Morgan fingerprint density at radius 2 is 2.28 bits per heavy atom. The zero-order valence-electron chi connectivity index (χ0n) is 10.7. The zero-order valence-corrected chi connectivity index (χ0v) is 10.7. The fourth-order valence-electron chi connectivity index (χ4n) is 1.95. The molecule has 2 heterocycles. The molecular weight excluding hydrogens is 238 g/mol. The molecule has 1 aromatic rings. The van der Waals surface area contributed by atoms with Crippen molar-refractivity contribution in [3.63, 3.8) is 0 Å².